The molecule has 0 radical (unpaired) electrons. The molecule has 4 rings (SSSR count). The fourth-order valence-corrected chi connectivity index (χ4v) is 3.89. The number of carbonyl (C=O) groups excluding carboxylic acids is 2. The summed E-state index contributed by atoms with van der Waals surface area (Å²) in [6, 6.07) is 26.3. The maximum absolute atomic E-state index is 13.5. The number of ether oxygens (including phenoxy) is 1. The van der Waals surface area contributed by atoms with E-state index in [1.165, 1.54) is 17.0 Å². The minimum atomic E-state index is -0.389. The van der Waals surface area contributed by atoms with E-state index in [1.807, 2.05) is 60.7 Å². The molecule has 0 aliphatic heterocycles. The van der Waals surface area contributed by atoms with Gasteiger partial charge in [0.25, 0.3) is 0 Å². The van der Waals surface area contributed by atoms with Crippen LogP contribution < -0.4 is 10.6 Å². The molecule has 0 aliphatic rings. The topological polar surface area (TPSA) is 88.5 Å². The second-order valence-corrected chi connectivity index (χ2v) is 8.63. The predicted octanol–water partition coefficient (Wildman–Crippen LogP) is 4.87. The van der Waals surface area contributed by atoms with Crippen molar-refractivity contribution >= 4 is 17.8 Å². The van der Waals surface area contributed by atoms with Crippen molar-refractivity contribution in [1.82, 2.24) is 20.0 Å². The molecule has 0 fully saturated rings. The quantitative estimate of drug-likeness (QED) is 0.279. The average molecular weight is 516 g/mol. The van der Waals surface area contributed by atoms with Gasteiger partial charge in [0.15, 0.2) is 0 Å². The number of nitrogens with one attached hydrogen (secondary N) is 2. The monoisotopic (exact) mass is 515 g/mol. The van der Waals surface area contributed by atoms with Gasteiger partial charge in [0.05, 0.1) is 11.4 Å². The summed E-state index contributed by atoms with van der Waals surface area (Å²) >= 11 is 0. The number of benzene rings is 3. The molecular weight excluding hydrogens is 485 g/mol. The molecule has 196 valence electrons. The number of urea groups is 1. The Labute approximate surface area is 221 Å². The smallest absolute Gasteiger partial charge is 0.318 e. The van der Waals surface area contributed by atoms with Gasteiger partial charge in [0, 0.05) is 38.4 Å². The van der Waals surface area contributed by atoms with Crippen LogP contribution in [0.15, 0.2) is 91.0 Å². The van der Waals surface area contributed by atoms with Crippen LogP contribution >= 0.6 is 0 Å². The number of hydrogen-bond donors (Lipinski definition) is 2. The largest absolute Gasteiger partial charge is 0.385 e. The first-order valence-electron chi connectivity index (χ1n) is 12.3. The van der Waals surface area contributed by atoms with E-state index in [1.54, 1.807) is 30.0 Å². The number of amides is 3. The summed E-state index contributed by atoms with van der Waals surface area (Å²) < 4.78 is 20.2. The Balaban J connectivity index is 1.51. The van der Waals surface area contributed by atoms with Crippen molar-refractivity contribution in [3.05, 3.63) is 102 Å². The second-order valence-electron chi connectivity index (χ2n) is 8.63. The Morgan fingerprint density at radius 2 is 1.66 bits per heavy atom. The van der Waals surface area contributed by atoms with E-state index in [2.05, 4.69) is 15.7 Å². The number of carbonyl (C=O) groups is 2. The van der Waals surface area contributed by atoms with Gasteiger partial charge < -0.3 is 20.3 Å². The third-order valence-corrected chi connectivity index (χ3v) is 5.80. The summed E-state index contributed by atoms with van der Waals surface area (Å²) in [7, 11) is 1.59. The number of aromatic nitrogens is 2. The fourth-order valence-electron chi connectivity index (χ4n) is 3.89. The van der Waals surface area contributed by atoms with Crippen LogP contribution in [0.2, 0.25) is 0 Å². The molecule has 0 aliphatic carbocycles. The third-order valence-electron chi connectivity index (χ3n) is 5.80. The molecule has 3 aromatic carbocycles. The van der Waals surface area contributed by atoms with Crippen LogP contribution in [0, 0.1) is 5.82 Å². The molecular formula is C29H30FN5O3. The van der Waals surface area contributed by atoms with Crippen molar-refractivity contribution in [3.63, 3.8) is 0 Å². The van der Waals surface area contributed by atoms with Gasteiger partial charge >= 0.3 is 6.03 Å². The minimum Gasteiger partial charge on any atom is -0.385 e. The first-order chi connectivity index (χ1) is 18.5. The third kappa shape index (κ3) is 7.27. The van der Waals surface area contributed by atoms with Gasteiger partial charge in [0.1, 0.15) is 18.2 Å². The second kappa shape index (κ2) is 13.2. The Bertz CT molecular complexity index is 1330. The van der Waals surface area contributed by atoms with E-state index in [9.17, 15) is 14.0 Å². The molecule has 0 spiro atoms. The van der Waals surface area contributed by atoms with E-state index in [0.29, 0.717) is 43.3 Å². The lowest BCUT2D eigenvalue weighted by molar-refractivity contribution is -0.116. The maximum Gasteiger partial charge on any atom is 0.318 e. The highest BCUT2D eigenvalue weighted by atomic mass is 19.1. The van der Waals surface area contributed by atoms with Crippen LogP contribution in [0.3, 0.4) is 0 Å². The number of nitrogens with zero attached hydrogens (tertiary/aromatic N) is 3. The van der Waals surface area contributed by atoms with Crippen molar-refractivity contribution in [2.45, 2.75) is 13.0 Å². The number of halogens is 1. The molecule has 0 atom stereocenters. The number of anilines is 1. The van der Waals surface area contributed by atoms with Gasteiger partial charge in [-0.15, -0.1) is 0 Å². The van der Waals surface area contributed by atoms with Gasteiger partial charge in [0.2, 0.25) is 5.91 Å². The van der Waals surface area contributed by atoms with Gasteiger partial charge in [-0.1, -0.05) is 60.7 Å². The molecule has 38 heavy (non-hydrogen) atoms. The van der Waals surface area contributed by atoms with Gasteiger partial charge in [-0.3, -0.25) is 4.79 Å². The SMILES string of the molecule is COCCCN(CC(=O)Nc1cc(-c2ccccc2)nn1-c1ccc(F)cc1)C(=O)NCc1ccccc1. The van der Waals surface area contributed by atoms with Crippen LogP contribution in [0.4, 0.5) is 15.0 Å². The Kier molecular flexibility index (Phi) is 9.20. The maximum atomic E-state index is 13.5. The number of hydrogen-bond acceptors (Lipinski definition) is 4. The standard InChI is InChI=1S/C29H30FN5O3/c1-38-18-8-17-34(29(37)31-20-22-9-4-2-5-10-22)21-28(36)32-27-19-26(23-11-6-3-7-12-23)33-35(27)25-15-13-24(30)14-16-25/h2-7,9-16,19H,8,17-18,20-21H2,1H3,(H,31,37)(H,32,36). The predicted molar refractivity (Wildman–Crippen MR) is 144 cm³/mol. The molecule has 9 heteroatoms. The fraction of sp³-hybridized carbons (Fsp3) is 0.207. The Morgan fingerprint density at radius 1 is 0.974 bits per heavy atom. The zero-order valence-corrected chi connectivity index (χ0v) is 21.1. The highest BCUT2D eigenvalue weighted by molar-refractivity contribution is 5.94. The van der Waals surface area contributed by atoms with Gasteiger partial charge in [-0.05, 0) is 36.2 Å². The molecule has 4 aromatic rings. The summed E-state index contributed by atoms with van der Waals surface area (Å²) in [6.07, 6.45) is 0.578. The Morgan fingerprint density at radius 3 is 2.34 bits per heavy atom. The van der Waals surface area contributed by atoms with Crippen molar-refractivity contribution < 1.29 is 18.7 Å². The van der Waals surface area contributed by atoms with E-state index in [-0.39, 0.29) is 24.3 Å². The lowest BCUT2D eigenvalue weighted by atomic mass is 10.1. The molecule has 1 aromatic heterocycles. The van der Waals surface area contributed by atoms with E-state index in [4.69, 9.17) is 4.74 Å². The molecule has 3 amide bonds. The zero-order chi connectivity index (χ0) is 26.7. The molecule has 0 bridgehead atoms. The molecule has 2 N–H and O–H groups in total. The highest BCUT2D eigenvalue weighted by Gasteiger charge is 2.19. The normalized spacial score (nSPS) is 10.7. The summed E-state index contributed by atoms with van der Waals surface area (Å²) in [5.41, 5.74) is 3.05. The summed E-state index contributed by atoms with van der Waals surface area (Å²) in [5.74, 6) is -0.356. The molecule has 0 unspecified atom stereocenters. The first kappa shape index (κ1) is 26.6. The molecule has 8 nitrogen and oxygen atoms in total. The lowest BCUT2D eigenvalue weighted by Crippen LogP contribution is -2.44. The summed E-state index contributed by atoms with van der Waals surface area (Å²) in [4.78, 5) is 27.6. The van der Waals surface area contributed by atoms with Crippen LogP contribution in [0.1, 0.15) is 12.0 Å². The molecule has 0 saturated heterocycles. The number of rotatable bonds is 11. The van der Waals surface area contributed by atoms with Crippen LogP contribution in [0.5, 0.6) is 0 Å². The minimum absolute atomic E-state index is 0.167. The van der Waals surface area contributed by atoms with Crippen molar-refractivity contribution in [2.24, 2.45) is 0 Å². The van der Waals surface area contributed by atoms with E-state index < -0.39 is 0 Å². The first-order valence-corrected chi connectivity index (χ1v) is 12.3. The Hall–Kier alpha value is -4.50. The van der Waals surface area contributed by atoms with E-state index in [0.717, 1.165) is 11.1 Å². The van der Waals surface area contributed by atoms with Gasteiger partial charge in [-0.25, -0.2) is 13.9 Å². The van der Waals surface area contributed by atoms with Crippen LogP contribution in [0.25, 0.3) is 16.9 Å². The highest BCUT2D eigenvalue weighted by Crippen LogP contribution is 2.25. The summed E-state index contributed by atoms with van der Waals surface area (Å²) in [5, 5.41) is 10.4. The van der Waals surface area contributed by atoms with Crippen LogP contribution in [-0.2, 0) is 16.1 Å². The lowest BCUT2D eigenvalue weighted by Gasteiger charge is -2.22. The molecule has 1 heterocycles. The summed E-state index contributed by atoms with van der Waals surface area (Å²) in [6.45, 7) is 0.982. The van der Waals surface area contributed by atoms with Crippen molar-refractivity contribution in [3.8, 4) is 16.9 Å². The zero-order valence-electron chi connectivity index (χ0n) is 21.1. The van der Waals surface area contributed by atoms with Gasteiger partial charge in [-0.2, -0.15) is 5.10 Å². The number of methoxy groups -OCH3 is 1. The van der Waals surface area contributed by atoms with E-state index >= 15 is 0 Å². The molecule has 0 saturated carbocycles. The van der Waals surface area contributed by atoms with Crippen molar-refractivity contribution in [2.75, 3.05) is 32.1 Å². The van der Waals surface area contributed by atoms with Crippen LogP contribution in [-0.4, -0.2) is 53.4 Å². The average Bonchev–Trinajstić information content (AvgIpc) is 3.36. The van der Waals surface area contributed by atoms with Crippen molar-refractivity contribution in [1.29, 1.82) is 0 Å².